The van der Waals surface area contributed by atoms with E-state index in [9.17, 15) is 19.5 Å². The fraction of sp³-hybridized carbons (Fsp3) is 0.609. The number of carboxylic acids is 1. The second kappa shape index (κ2) is 15.2. The Morgan fingerprint density at radius 2 is 1.82 bits per heavy atom. The summed E-state index contributed by atoms with van der Waals surface area (Å²) in [5, 5.41) is 14.7. The number of carboxylic acid groups (broad SMARTS) is 1. The monoisotopic (exact) mass is 497 g/mol. The van der Waals surface area contributed by atoms with Gasteiger partial charge in [0.15, 0.2) is 0 Å². The Morgan fingerprint density at radius 3 is 2.48 bits per heavy atom. The van der Waals surface area contributed by atoms with Gasteiger partial charge in [0.1, 0.15) is 0 Å². The Bertz CT molecular complexity index is 787. The molecule has 1 saturated carbocycles. The van der Waals surface area contributed by atoms with Crippen molar-refractivity contribution in [2.45, 2.75) is 57.1 Å². The first kappa shape index (κ1) is 27.5. The Labute approximate surface area is 204 Å². The van der Waals surface area contributed by atoms with Gasteiger partial charge >= 0.3 is 5.97 Å². The minimum Gasteiger partial charge on any atom is -0.478 e. The molecule has 2 rings (SSSR count). The van der Waals surface area contributed by atoms with Crippen molar-refractivity contribution in [1.29, 1.82) is 0 Å². The number of nitrogens with two attached hydrogens (primary N) is 1. The number of ether oxygens (including phenoxy) is 1. The molecule has 10 heteroatoms. The predicted molar refractivity (Wildman–Crippen MR) is 136 cm³/mol. The predicted octanol–water partition coefficient (Wildman–Crippen LogP) is 3.81. The molecule has 0 saturated heterocycles. The van der Waals surface area contributed by atoms with E-state index in [-0.39, 0.29) is 22.9 Å². The largest absolute Gasteiger partial charge is 0.478 e. The number of nitrogens with one attached hydrogen (secondary N) is 2. The van der Waals surface area contributed by atoms with Gasteiger partial charge in [0, 0.05) is 18.0 Å². The minimum absolute atomic E-state index is 0.0340. The summed E-state index contributed by atoms with van der Waals surface area (Å²) in [6.45, 7) is 0.710. The summed E-state index contributed by atoms with van der Waals surface area (Å²) in [7, 11) is 0. The van der Waals surface area contributed by atoms with Crippen molar-refractivity contribution in [3.05, 3.63) is 23.8 Å². The van der Waals surface area contributed by atoms with Crippen LogP contribution in [0.4, 0.5) is 11.4 Å². The van der Waals surface area contributed by atoms with Gasteiger partial charge in [-0.1, -0.05) is 19.3 Å². The maximum atomic E-state index is 12.3. The zero-order valence-corrected chi connectivity index (χ0v) is 20.8. The van der Waals surface area contributed by atoms with E-state index in [1.165, 1.54) is 49.2 Å². The molecule has 1 atom stereocenters. The molecular weight excluding hydrogens is 462 g/mol. The number of benzene rings is 1. The number of hydrogen-bond acceptors (Lipinski definition) is 7. The van der Waals surface area contributed by atoms with E-state index in [4.69, 9.17) is 10.5 Å². The van der Waals surface area contributed by atoms with Crippen molar-refractivity contribution in [1.82, 2.24) is 0 Å². The Balaban J connectivity index is 1.79. The second-order valence-electron chi connectivity index (χ2n) is 8.07. The maximum absolute atomic E-state index is 12.3. The molecule has 0 heterocycles. The van der Waals surface area contributed by atoms with E-state index >= 15 is 0 Å². The normalized spacial score (nSPS) is 15.1. The summed E-state index contributed by atoms with van der Waals surface area (Å²) >= 11 is 3.10. The molecule has 1 aromatic carbocycles. The molecule has 2 amide bonds. The van der Waals surface area contributed by atoms with Crippen molar-refractivity contribution in [2.75, 3.05) is 40.8 Å². The SMILES string of the molecule is CSCCC(N)C(=O)Nc1cc(NC(=O)CSCCCOC2CCCCC2)cc(C(=O)O)c1. The average Bonchev–Trinajstić information content (AvgIpc) is 2.80. The van der Waals surface area contributed by atoms with Gasteiger partial charge in [-0.3, -0.25) is 9.59 Å². The van der Waals surface area contributed by atoms with Crippen LogP contribution in [0.5, 0.6) is 0 Å². The van der Waals surface area contributed by atoms with Gasteiger partial charge < -0.3 is 26.2 Å². The number of hydrogen-bond donors (Lipinski definition) is 4. The standard InChI is InChI=1S/C23H35N3O5S2/c1-32-11-8-20(24)22(28)26-18-13-16(23(29)30)12-17(14-18)25-21(27)15-33-10-5-9-31-19-6-3-2-4-7-19/h12-14,19-20H,2-11,15,24H2,1H3,(H,25,27)(H,26,28)(H,29,30). The van der Waals surface area contributed by atoms with Crippen molar-refractivity contribution in [3.8, 4) is 0 Å². The first-order chi connectivity index (χ1) is 15.9. The van der Waals surface area contributed by atoms with Crippen LogP contribution in [0.2, 0.25) is 0 Å². The van der Waals surface area contributed by atoms with Crippen molar-refractivity contribution in [3.63, 3.8) is 0 Å². The van der Waals surface area contributed by atoms with Gasteiger partial charge in [0.05, 0.1) is 23.5 Å². The lowest BCUT2D eigenvalue weighted by molar-refractivity contribution is -0.117. The first-order valence-electron chi connectivity index (χ1n) is 11.3. The number of aromatic carboxylic acids is 1. The van der Waals surface area contributed by atoms with E-state index in [1.807, 2.05) is 6.26 Å². The number of anilines is 2. The van der Waals surface area contributed by atoms with Crippen LogP contribution in [-0.2, 0) is 14.3 Å². The summed E-state index contributed by atoms with van der Waals surface area (Å²) in [5.74, 6) is 0.0299. The molecular formula is C23H35N3O5S2. The van der Waals surface area contributed by atoms with Crippen molar-refractivity contribution in [2.24, 2.45) is 5.73 Å². The molecule has 1 aliphatic rings. The van der Waals surface area contributed by atoms with Crippen molar-refractivity contribution < 1.29 is 24.2 Å². The summed E-state index contributed by atoms with van der Waals surface area (Å²) in [4.78, 5) is 36.1. The molecule has 8 nitrogen and oxygen atoms in total. The smallest absolute Gasteiger partial charge is 0.335 e. The van der Waals surface area contributed by atoms with Crippen LogP contribution in [0.15, 0.2) is 18.2 Å². The minimum atomic E-state index is -1.15. The van der Waals surface area contributed by atoms with Crippen LogP contribution < -0.4 is 16.4 Å². The number of carbonyl (C=O) groups excluding carboxylic acids is 2. The van der Waals surface area contributed by atoms with Gasteiger partial charge in [-0.2, -0.15) is 23.5 Å². The topological polar surface area (TPSA) is 131 Å². The lowest BCUT2D eigenvalue weighted by Crippen LogP contribution is -2.36. The molecule has 0 spiro atoms. The van der Waals surface area contributed by atoms with Crippen LogP contribution in [-0.4, -0.2) is 65.2 Å². The van der Waals surface area contributed by atoms with Gasteiger partial charge in [-0.15, -0.1) is 0 Å². The summed E-state index contributed by atoms with van der Waals surface area (Å²) < 4.78 is 5.89. The lowest BCUT2D eigenvalue weighted by Gasteiger charge is -2.21. The fourth-order valence-electron chi connectivity index (χ4n) is 3.51. The Morgan fingerprint density at radius 1 is 1.12 bits per heavy atom. The van der Waals surface area contributed by atoms with Crippen LogP contribution in [0.25, 0.3) is 0 Å². The van der Waals surface area contributed by atoms with Gasteiger partial charge in [0.2, 0.25) is 11.8 Å². The van der Waals surface area contributed by atoms with Crippen LogP contribution in [0.1, 0.15) is 55.3 Å². The molecule has 0 bridgehead atoms. The third-order valence-corrected chi connectivity index (χ3v) is 6.96. The highest BCUT2D eigenvalue weighted by molar-refractivity contribution is 7.99. The number of carbonyl (C=O) groups is 3. The molecule has 0 aromatic heterocycles. The Kier molecular flexibility index (Phi) is 12.7. The quantitative estimate of drug-likeness (QED) is 0.285. The number of thioether (sulfide) groups is 2. The molecule has 33 heavy (non-hydrogen) atoms. The molecule has 1 fully saturated rings. The maximum Gasteiger partial charge on any atom is 0.335 e. The highest BCUT2D eigenvalue weighted by Crippen LogP contribution is 2.22. The summed E-state index contributed by atoms with van der Waals surface area (Å²) in [6.07, 6.45) is 9.82. The van der Waals surface area contributed by atoms with Crippen LogP contribution >= 0.6 is 23.5 Å². The van der Waals surface area contributed by atoms with E-state index < -0.39 is 17.9 Å². The third-order valence-electron chi connectivity index (χ3n) is 5.27. The number of amides is 2. The van der Waals surface area contributed by atoms with Crippen molar-refractivity contribution >= 4 is 52.7 Å². The zero-order valence-electron chi connectivity index (χ0n) is 19.1. The third kappa shape index (κ3) is 10.8. The fourth-order valence-corrected chi connectivity index (χ4v) is 4.72. The van der Waals surface area contributed by atoms with Gasteiger partial charge in [-0.05, 0) is 61.6 Å². The summed E-state index contributed by atoms with van der Waals surface area (Å²) in [6, 6.07) is 3.55. The molecule has 1 aliphatic carbocycles. The molecule has 184 valence electrons. The first-order valence-corrected chi connectivity index (χ1v) is 13.9. The molecule has 1 unspecified atom stereocenters. The van der Waals surface area contributed by atoms with Crippen LogP contribution in [0.3, 0.4) is 0 Å². The van der Waals surface area contributed by atoms with E-state index in [2.05, 4.69) is 10.6 Å². The average molecular weight is 498 g/mol. The van der Waals surface area contributed by atoms with Gasteiger partial charge in [0.25, 0.3) is 0 Å². The molecule has 0 radical (unpaired) electrons. The molecule has 0 aliphatic heterocycles. The Hall–Kier alpha value is -1.75. The number of rotatable bonds is 14. The molecule has 5 N–H and O–H groups in total. The van der Waals surface area contributed by atoms with Crippen LogP contribution in [0, 0.1) is 0 Å². The van der Waals surface area contributed by atoms with E-state index in [0.29, 0.717) is 24.8 Å². The highest BCUT2D eigenvalue weighted by atomic mass is 32.2. The van der Waals surface area contributed by atoms with E-state index in [0.717, 1.165) is 30.8 Å². The summed E-state index contributed by atoms with van der Waals surface area (Å²) in [5.41, 5.74) is 6.44. The second-order valence-corrected chi connectivity index (χ2v) is 10.2. The molecule has 1 aromatic rings. The lowest BCUT2D eigenvalue weighted by atomic mass is 9.98. The van der Waals surface area contributed by atoms with E-state index in [1.54, 1.807) is 11.8 Å². The highest BCUT2D eigenvalue weighted by Gasteiger charge is 2.16. The van der Waals surface area contributed by atoms with Gasteiger partial charge in [-0.25, -0.2) is 4.79 Å². The zero-order chi connectivity index (χ0) is 24.1.